The molecule has 0 saturated carbocycles. The van der Waals surface area contributed by atoms with Gasteiger partial charge >= 0.3 is 0 Å². The summed E-state index contributed by atoms with van der Waals surface area (Å²) in [6.45, 7) is 6.22. The Kier molecular flexibility index (Phi) is 3.52. The van der Waals surface area contributed by atoms with Crippen LogP contribution >= 0.6 is 11.6 Å². The summed E-state index contributed by atoms with van der Waals surface area (Å²) < 4.78 is 5.22. The van der Waals surface area contributed by atoms with Crippen molar-refractivity contribution in [1.82, 2.24) is 0 Å². The van der Waals surface area contributed by atoms with Crippen molar-refractivity contribution in [3.8, 4) is 0 Å². The molecule has 1 unspecified atom stereocenters. The number of halogens is 1. The number of hydrogen-bond acceptors (Lipinski definition) is 1. The van der Waals surface area contributed by atoms with Crippen molar-refractivity contribution in [2.24, 2.45) is 5.92 Å². The lowest BCUT2D eigenvalue weighted by atomic mass is 9.95. The maximum absolute atomic E-state index is 5.68. The van der Waals surface area contributed by atoms with Crippen LogP contribution in [-0.4, -0.2) is 18.6 Å². The van der Waals surface area contributed by atoms with Gasteiger partial charge < -0.3 is 4.74 Å². The van der Waals surface area contributed by atoms with Gasteiger partial charge in [0, 0.05) is 7.11 Å². The molecule has 0 aliphatic carbocycles. The molecule has 0 aliphatic rings. The highest BCUT2D eigenvalue weighted by molar-refractivity contribution is 6.18. The summed E-state index contributed by atoms with van der Waals surface area (Å²) in [6.07, 6.45) is 0. The van der Waals surface area contributed by atoms with Crippen LogP contribution in [0.1, 0.15) is 20.8 Å². The van der Waals surface area contributed by atoms with Gasteiger partial charge in [0.05, 0.1) is 11.5 Å². The second kappa shape index (κ2) is 3.43. The number of rotatable bonds is 3. The Bertz CT molecular complexity index is 77.0. The van der Waals surface area contributed by atoms with Crippen LogP contribution in [0.3, 0.4) is 0 Å². The topological polar surface area (TPSA) is 9.23 Å². The number of ether oxygens (including phenoxy) is 1. The van der Waals surface area contributed by atoms with Crippen LogP contribution in [0.5, 0.6) is 0 Å². The van der Waals surface area contributed by atoms with Crippen LogP contribution in [-0.2, 0) is 4.74 Å². The lowest BCUT2D eigenvalue weighted by Crippen LogP contribution is -2.35. The first-order valence-corrected chi connectivity index (χ1v) is 3.71. The third-order valence-corrected chi connectivity index (χ3v) is 2.48. The highest BCUT2D eigenvalue weighted by Crippen LogP contribution is 2.21. The van der Waals surface area contributed by atoms with Crippen molar-refractivity contribution in [1.29, 1.82) is 0 Å². The van der Waals surface area contributed by atoms with Gasteiger partial charge in [0.2, 0.25) is 0 Å². The van der Waals surface area contributed by atoms with Crippen LogP contribution in [0.25, 0.3) is 0 Å². The molecule has 2 heteroatoms. The van der Waals surface area contributed by atoms with Gasteiger partial charge in [-0.2, -0.15) is 0 Å². The Balaban J connectivity index is 3.92. The van der Waals surface area contributed by atoms with E-state index in [9.17, 15) is 0 Å². The van der Waals surface area contributed by atoms with Gasteiger partial charge in [0.15, 0.2) is 0 Å². The van der Waals surface area contributed by atoms with Crippen LogP contribution in [0.2, 0.25) is 0 Å². The van der Waals surface area contributed by atoms with E-state index >= 15 is 0 Å². The van der Waals surface area contributed by atoms with E-state index in [0.717, 1.165) is 0 Å². The van der Waals surface area contributed by atoms with Gasteiger partial charge in [-0.15, -0.1) is 11.6 Å². The SMILES string of the molecule is COC(C)(CCl)C(C)C. The molecule has 1 atom stereocenters. The summed E-state index contributed by atoms with van der Waals surface area (Å²) in [7, 11) is 1.70. The van der Waals surface area contributed by atoms with Crippen LogP contribution < -0.4 is 0 Å². The fraction of sp³-hybridized carbons (Fsp3) is 1.00. The molecule has 0 amide bonds. The molecule has 0 aliphatic heterocycles. The zero-order chi connectivity index (χ0) is 7.49. The third-order valence-electron chi connectivity index (χ3n) is 1.95. The van der Waals surface area contributed by atoms with Crippen molar-refractivity contribution < 1.29 is 4.74 Å². The predicted molar refractivity (Wildman–Crippen MR) is 41.0 cm³/mol. The molecule has 0 aromatic rings. The molecule has 0 saturated heterocycles. The minimum absolute atomic E-state index is 0.151. The van der Waals surface area contributed by atoms with E-state index in [2.05, 4.69) is 13.8 Å². The van der Waals surface area contributed by atoms with Crippen molar-refractivity contribution in [3.63, 3.8) is 0 Å². The molecule has 0 fully saturated rings. The molecule has 0 spiro atoms. The molecule has 0 aromatic carbocycles. The molecular weight excluding hydrogens is 136 g/mol. The Labute approximate surface area is 62.3 Å². The molecule has 0 N–H and O–H groups in total. The number of hydrogen-bond donors (Lipinski definition) is 0. The summed E-state index contributed by atoms with van der Waals surface area (Å²) in [4.78, 5) is 0. The van der Waals surface area contributed by atoms with E-state index in [1.807, 2.05) is 6.92 Å². The normalized spacial score (nSPS) is 18.0. The molecule has 0 rings (SSSR count). The second-order valence-electron chi connectivity index (χ2n) is 2.81. The van der Waals surface area contributed by atoms with Gasteiger partial charge in [-0.05, 0) is 12.8 Å². The predicted octanol–water partition coefficient (Wildman–Crippen LogP) is 2.29. The Hall–Kier alpha value is 0.250. The highest BCUT2D eigenvalue weighted by atomic mass is 35.5. The number of methoxy groups -OCH3 is 1. The van der Waals surface area contributed by atoms with Crippen molar-refractivity contribution >= 4 is 11.6 Å². The largest absolute Gasteiger partial charge is 0.377 e. The maximum Gasteiger partial charge on any atom is 0.0808 e. The van der Waals surface area contributed by atoms with Gasteiger partial charge in [0.1, 0.15) is 0 Å². The smallest absolute Gasteiger partial charge is 0.0808 e. The quantitative estimate of drug-likeness (QED) is 0.561. The minimum atomic E-state index is -0.151. The molecule has 0 radical (unpaired) electrons. The lowest BCUT2D eigenvalue weighted by Gasteiger charge is -2.29. The third kappa shape index (κ3) is 2.15. The van der Waals surface area contributed by atoms with Crippen LogP contribution in [0, 0.1) is 5.92 Å². The van der Waals surface area contributed by atoms with Gasteiger partial charge in [-0.25, -0.2) is 0 Å². The lowest BCUT2D eigenvalue weighted by molar-refractivity contribution is -0.0125. The first-order chi connectivity index (χ1) is 4.06. The number of alkyl halides is 1. The van der Waals surface area contributed by atoms with Gasteiger partial charge in [-0.3, -0.25) is 0 Å². The fourth-order valence-corrected chi connectivity index (χ4v) is 0.862. The molecule has 0 heterocycles. The molecule has 9 heavy (non-hydrogen) atoms. The molecular formula is C7H15ClO. The summed E-state index contributed by atoms with van der Waals surface area (Å²) in [5.41, 5.74) is -0.151. The van der Waals surface area contributed by atoms with Crippen molar-refractivity contribution in [3.05, 3.63) is 0 Å². The zero-order valence-electron chi connectivity index (χ0n) is 6.57. The fourth-order valence-electron chi connectivity index (χ4n) is 0.445. The first kappa shape index (κ1) is 9.25. The van der Waals surface area contributed by atoms with E-state index in [1.165, 1.54) is 0 Å². The molecule has 56 valence electrons. The maximum atomic E-state index is 5.68. The van der Waals surface area contributed by atoms with E-state index in [4.69, 9.17) is 16.3 Å². The standard InChI is InChI=1S/C7H15ClO/c1-6(2)7(3,5-8)9-4/h6H,5H2,1-4H3. The van der Waals surface area contributed by atoms with Gasteiger partial charge in [-0.1, -0.05) is 13.8 Å². The van der Waals surface area contributed by atoms with Crippen molar-refractivity contribution in [2.75, 3.05) is 13.0 Å². The average molecular weight is 151 g/mol. The summed E-state index contributed by atoms with van der Waals surface area (Å²) >= 11 is 5.68. The van der Waals surface area contributed by atoms with E-state index in [0.29, 0.717) is 11.8 Å². The monoisotopic (exact) mass is 150 g/mol. The summed E-state index contributed by atoms with van der Waals surface area (Å²) in [5, 5.41) is 0. The first-order valence-electron chi connectivity index (χ1n) is 3.18. The van der Waals surface area contributed by atoms with E-state index < -0.39 is 0 Å². The van der Waals surface area contributed by atoms with Crippen LogP contribution in [0.15, 0.2) is 0 Å². The molecule has 0 bridgehead atoms. The molecule has 0 aromatic heterocycles. The Morgan fingerprint density at radius 2 is 2.00 bits per heavy atom. The zero-order valence-corrected chi connectivity index (χ0v) is 7.33. The average Bonchev–Trinajstić information content (AvgIpc) is 1.86. The van der Waals surface area contributed by atoms with E-state index in [-0.39, 0.29) is 5.60 Å². The minimum Gasteiger partial charge on any atom is -0.377 e. The Morgan fingerprint density at radius 3 is 2.00 bits per heavy atom. The van der Waals surface area contributed by atoms with Crippen molar-refractivity contribution in [2.45, 2.75) is 26.4 Å². The van der Waals surface area contributed by atoms with E-state index in [1.54, 1.807) is 7.11 Å². The summed E-state index contributed by atoms with van der Waals surface area (Å²) in [6, 6.07) is 0. The second-order valence-corrected chi connectivity index (χ2v) is 3.07. The highest BCUT2D eigenvalue weighted by Gasteiger charge is 2.26. The summed E-state index contributed by atoms with van der Waals surface area (Å²) in [5.74, 6) is 1.03. The van der Waals surface area contributed by atoms with Gasteiger partial charge in [0.25, 0.3) is 0 Å². The van der Waals surface area contributed by atoms with Crippen LogP contribution in [0.4, 0.5) is 0 Å². The molecule has 1 nitrogen and oxygen atoms in total. The Morgan fingerprint density at radius 1 is 1.56 bits per heavy atom.